The van der Waals surface area contributed by atoms with E-state index in [1.165, 1.54) is 17.5 Å². The molecule has 6 heteroatoms. The molecule has 3 atom stereocenters. The topological polar surface area (TPSA) is 80.1 Å². The summed E-state index contributed by atoms with van der Waals surface area (Å²) in [5, 5.41) is 31.7. The highest BCUT2D eigenvalue weighted by Gasteiger charge is 2.38. The van der Waals surface area contributed by atoms with Crippen LogP contribution in [0, 0.1) is 0 Å². The Hall–Kier alpha value is -2.15. The van der Waals surface area contributed by atoms with Crippen molar-refractivity contribution >= 4 is 5.82 Å². The van der Waals surface area contributed by atoms with Crippen LogP contribution in [0.15, 0.2) is 30.3 Å². The van der Waals surface area contributed by atoms with Crippen LogP contribution in [0.4, 0.5) is 5.82 Å². The number of β-amino-alcohol motifs (C(OH)–C–C–N with tert-alkyl or cyclic N) is 2. The van der Waals surface area contributed by atoms with E-state index < -0.39 is 6.10 Å². The number of hydrogen-bond acceptors (Lipinski definition) is 6. The predicted molar refractivity (Wildman–Crippen MR) is 140 cm³/mol. The highest BCUT2D eigenvalue weighted by molar-refractivity contribution is 5.67. The molecule has 1 aromatic carbocycles. The minimum atomic E-state index is -0.550. The van der Waals surface area contributed by atoms with Crippen molar-refractivity contribution in [3.05, 3.63) is 41.5 Å². The first-order chi connectivity index (χ1) is 16.5. The van der Waals surface area contributed by atoms with Crippen molar-refractivity contribution in [1.29, 1.82) is 0 Å². The maximum atomic E-state index is 11.0. The third-order valence-electron chi connectivity index (χ3n) is 8.75. The van der Waals surface area contributed by atoms with Gasteiger partial charge in [0, 0.05) is 31.2 Å². The summed E-state index contributed by atoms with van der Waals surface area (Å²) >= 11 is 0. The zero-order chi connectivity index (χ0) is 25.0. The number of aliphatic hydroxyl groups is 2. The third-order valence-corrected chi connectivity index (χ3v) is 8.75. The molecule has 2 saturated heterocycles. The van der Waals surface area contributed by atoms with Crippen molar-refractivity contribution in [3.63, 3.8) is 0 Å². The predicted octanol–water partition coefficient (Wildman–Crippen LogP) is 4.20. The first-order valence-electron chi connectivity index (χ1n) is 13.3. The van der Waals surface area contributed by atoms with E-state index in [9.17, 15) is 15.3 Å². The zero-order valence-electron chi connectivity index (χ0n) is 21.7. The van der Waals surface area contributed by atoms with Crippen molar-refractivity contribution in [2.75, 3.05) is 31.1 Å². The molecule has 190 valence electrons. The van der Waals surface area contributed by atoms with Gasteiger partial charge in [-0.15, -0.1) is 0 Å². The van der Waals surface area contributed by atoms with Crippen molar-refractivity contribution in [2.45, 2.75) is 88.9 Å². The molecule has 0 spiro atoms. The number of nitrogens with zero attached hydrogens (tertiary/aromatic N) is 3. The number of likely N-dealkylation sites (tertiary alicyclic amines) is 1. The van der Waals surface area contributed by atoms with Gasteiger partial charge in [-0.2, -0.15) is 0 Å². The van der Waals surface area contributed by atoms with Crippen molar-refractivity contribution in [2.24, 2.45) is 0 Å². The van der Waals surface area contributed by atoms with Gasteiger partial charge in [-0.3, -0.25) is 4.90 Å². The van der Waals surface area contributed by atoms with Gasteiger partial charge in [0.2, 0.25) is 0 Å². The highest BCUT2D eigenvalue weighted by atomic mass is 16.3. The van der Waals surface area contributed by atoms with Crippen LogP contribution < -0.4 is 4.90 Å². The number of pyridine rings is 1. The molecule has 35 heavy (non-hydrogen) atoms. The fraction of sp³-hybridized carbons (Fsp3) is 0.621. The maximum absolute atomic E-state index is 11.0. The van der Waals surface area contributed by atoms with Crippen LogP contribution in [-0.2, 0) is 10.8 Å². The monoisotopic (exact) mass is 479 g/mol. The minimum absolute atomic E-state index is 0.0396. The highest BCUT2D eigenvalue weighted by Crippen LogP contribution is 2.47. The van der Waals surface area contributed by atoms with E-state index in [0.717, 1.165) is 43.5 Å². The number of aliphatic hydroxyl groups excluding tert-OH is 2. The molecular weight excluding hydrogens is 438 g/mol. The van der Waals surface area contributed by atoms with Gasteiger partial charge in [0.05, 0.1) is 17.9 Å². The Kier molecular flexibility index (Phi) is 6.35. The van der Waals surface area contributed by atoms with Crippen LogP contribution in [0.1, 0.15) is 70.9 Å². The first kappa shape index (κ1) is 24.5. The second-order valence-corrected chi connectivity index (χ2v) is 12.2. The fourth-order valence-corrected chi connectivity index (χ4v) is 6.40. The lowest BCUT2D eigenvalue weighted by molar-refractivity contribution is -0.0105. The largest absolute Gasteiger partial charge is 0.504 e. The first-order valence-corrected chi connectivity index (χ1v) is 13.3. The number of aromatic hydroxyl groups is 1. The van der Waals surface area contributed by atoms with Crippen LogP contribution >= 0.6 is 0 Å². The molecule has 3 unspecified atom stereocenters. The Labute approximate surface area is 209 Å². The average Bonchev–Trinajstić information content (AvgIpc) is 2.82. The standard InChI is InChI=1S/C29H41N3O3/c1-28(2)12-13-29(3,4)22-16-19(7-8-21(22)28)23-9-10-25(34)27(30-23)32-15-11-24(26(35)18-32)31-14-5-6-20(33)17-31/h7-10,16,20,24,26,33-35H,5-6,11-15,17-18H2,1-4H3. The van der Waals surface area contributed by atoms with Gasteiger partial charge in [-0.1, -0.05) is 39.8 Å². The van der Waals surface area contributed by atoms with Crippen LogP contribution in [-0.4, -0.2) is 69.6 Å². The number of hydrogen-bond donors (Lipinski definition) is 3. The second-order valence-electron chi connectivity index (χ2n) is 12.2. The van der Waals surface area contributed by atoms with E-state index in [2.05, 4.69) is 50.8 Å². The Bertz CT molecular complexity index is 1080. The molecule has 3 heterocycles. The smallest absolute Gasteiger partial charge is 0.171 e. The molecule has 2 aliphatic heterocycles. The van der Waals surface area contributed by atoms with Gasteiger partial charge >= 0.3 is 0 Å². The summed E-state index contributed by atoms with van der Waals surface area (Å²) in [6.07, 6.45) is 4.07. The number of anilines is 1. The van der Waals surface area contributed by atoms with E-state index in [1.807, 2.05) is 11.0 Å². The molecule has 2 aromatic rings. The molecule has 5 rings (SSSR count). The molecule has 2 fully saturated rings. The number of piperidine rings is 2. The molecule has 0 saturated carbocycles. The number of benzene rings is 1. The van der Waals surface area contributed by atoms with Crippen LogP contribution in [0.3, 0.4) is 0 Å². The Morgan fingerprint density at radius 1 is 0.886 bits per heavy atom. The van der Waals surface area contributed by atoms with Gasteiger partial charge in [0.25, 0.3) is 0 Å². The second kappa shape index (κ2) is 9.06. The molecule has 0 bridgehead atoms. The molecule has 3 aliphatic rings. The van der Waals surface area contributed by atoms with Crippen molar-refractivity contribution in [3.8, 4) is 17.0 Å². The normalized spacial score (nSPS) is 28.5. The summed E-state index contributed by atoms with van der Waals surface area (Å²) in [6.45, 7) is 12.0. The van der Waals surface area contributed by atoms with Crippen LogP contribution in [0.2, 0.25) is 0 Å². The number of rotatable bonds is 3. The van der Waals surface area contributed by atoms with E-state index in [4.69, 9.17) is 4.98 Å². The minimum Gasteiger partial charge on any atom is -0.504 e. The molecule has 0 amide bonds. The van der Waals surface area contributed by atoms with Gasteiger partial charge in [0.1, 0.15) is 0 Å². The molecule has 1 aliphatic carbocycles. The molecule has 3 N–H and O–H groups in total. The molecular formula is C29H41N3O3. The van der Waals surface area contributed by atoms with Gasteiger partial charge in [-0.05, 0) is 78.8 Å². The van der Waals surface area contributed by atoms with Gasteiger partial charge in [0.15, 0.2) is 11.6 Å². The summed E-state index contributed by atoms with van der Waals surface area (Å²) in [7, 11) is 0. The van der Waals surface area contributed by atoms with Crippen LogP contribution in [0.25, 0.3) is 11.3 Å². The summed E-state index contributed by atoms with van der Waals surface area (Å²) < 4.78 is 0. The summed E-state index contributed by atoms with van der Waals surface area (Å²) in [5.74, 6) is 0.684. The summed E-state index contributed by atoms with van der Waals surface area (Å²) in [4.78, 5) is 9.13. The van der Waals surface area contributed by atoms with E-state index in [-0.39, 0.29) is 28.7 Å². The van der Waals surface area contributed by atoms with E-state index >= 15 is 0 Å². The van der Waals surface area contributed by atoms with Crippen LogP contribution in [0.5, 0.6) is 5.75 Å². The Balaban J connectivity index is 1.39. The Morgan fingerprint density at radius 2 is 1.63 bits per heavy atom. The lowest BCUT2D eigenvalue weighted by atomic mass is 9.63. The zero-order valence-corrected chi connectivity index (χ0v) is 21.7. The number of fused-ring (bicyclic) bond motifs is 1. The lowest BCUT2D eigenvalue weighted by Crippen LogP contribution is -2.57. The Morgan fingerprint density at radius 3 is 2.34 bits per heavy atom. The quantitative estimate of drug-likeness (QED) is 0.612. The average molecular weight is 480 g/mol. The summed E-state index contributed by atoms with van der Waals surface area (Å²) in [5.41, 5.74) is 5.01. The molecule has 1 aromatic heterocycles. The van der Waals surface area contributed by atoms with E-state index in [1.54, 1.807) is 6.07 Å². The fourth-order valence-electron chi connectivity index (χ4n) is 6.40. The SMILES string of the molecule is CC1(C)CCC(C)(C)c2cc(-c3ccc(O)c(N4CCC(N5CCCC(O)C5)C(O)C4)n3)ccc21. The molecule has 6 nitrogen and oxygen atoms in total. The number of aromatic nitrogens is 1. The van der Waals surface area contributed by atoms with E-state index in [0.29, 0.717) is 25.5 Å². The van der Waals surface area contributed by atoms with Gasteiger partial charge in [-0.25, -0.2) is 4.98 Å². The van der Waals surface area contributed by atoms with Crippen molar-refractivity contribution in [1.82, 2.24) is 9.88 Å². The third kappa shape index (κ3) is 4.68. The maximum Gasteiger partial charge on any atom is 0.171 e. The lowest BCUT2D eigenvalue weighted by Gasteiger charge is -2.44. The summed E-state index contributed by atoms with van der Waals surface area (Å²) in [6, 6.07) is 10.4. The van der Waals surface area contributed by atoms with Crippen molar-refractivity contribution < 1.29 is 15.3 Å². The molecule has 0 radical (unpaired) electrons. The van der Waals surface area contributed by atoms with Gasteiger partial charge < -0.3 is 20.2 Å².